The fourth-order valence-electron chi connectivity index (χ4n) is 4.60. The summed E-state index contributed by atoms with van der Waals surface area (Å²) in [6.45, 7) is 5.25. The Morgan fingerprint density at radius 2 is 1.40 bits per heavy atom. The van der Waals surface area contributed by atoms with E-state index in [0.29, 0.717) is 17.0 Å². The van der Waals surface area contributed by atoms with Crippen molar-refractivity contribution >= 4 is 39.1 Å². The molecule has 0 unspecified atom stereocenters. The summed E-state index contributed by atoms with van der Waals surface area (Å²) in [5, 5.41) is 11.1. The number of nitrogens with one attached hydrogen (secondary N) is 1. The van der Waals surface area contributed by atoms with E-state index in [1.165, 1.54) is 6.92 Å². The van der Waals surface area contributed by atoms with Crippen LogP contribution in [0, 0.1) is 6.92 Å². The number of carbonyl (C=O) groups excluding carboxylic acids is 2. The first-order chi connectivity index (χ1) is 17.0. The van der Waals surface area contributed by atoms with Gasteiger partial charge in [0.25, 0.3) is 0 Å². The maximum absolute atomic E-state index is 12.8. The first-order valence-electron chi connectivity index (χ1n) is 11.4. The van der Waals surface area contributed by atoms with Crippen LogP contribution < -0.4 is 5.32 Å². The number of carbonyl (C=O) groups is 2. The molecule has 0 radical (unpaired) electrons. The van der Waals surface area contributed by atoms with Crippen LogP contribution in [-0.4, -0.2) is 23.6 Å². The average molecular weight is 465 g/mol. The number of hydrogen-bond donors (Lipinski definition) is 1. The lowest BCUT2D eigenvalue weighted by atomic mass is 9.86. The number of aromatic nitrogens is 1. The third kappa shape index (κ3) is 3.93. The molecule has 174 valence electrons. The number of rotatable bonds is 5. The fourth-order valence-corrected chi connectivity index (χ4v) is 4.60. The molecule has 0 aliphatic heterocycles. The van der Waals surface area contributed by atoms with Crippen LogP contribution in [0.5, 0.6) is 0 Å². The van der Waals surface area contributed by atoms with Crippen molar-refractivity contribution in [1.29, 1.82) is 0 Å². The lowest BCUT2D eigenvalue weighted by Crippen LogP contribution is -2.07. The molecular weight excluding hydrogens is 440 g/mol. The van der Waals surface area contributed by atoms with E-state index >= 15 is 0 Å². The van der Waals surface area contributed by atoms with Gasteiger partial charge in [-0.2, -0.15) is 0 Å². The second-order valence-corrected chi connectivity index (χ2v) is 8.28. The van der Waals surface area contributed by atoms with Gasteiger partial charge in [-0.15, -0.1) is 0 Å². The molecule has 0 saturated heterocycles. The molecule has 1 amide bonds. The number of hydrogen-bond acceptors (Lipinski definition) is 5. The molecule has 0 saturated carbocycles. The zero-order chi connectivity index (χ0) is 24.5. The van der Waals surface area contributed by atoms with E-state index in [9.17, 15) is 9.59 Å². The van der Waals surface area contributed by atoms with Gasteiger partial charge in [-0.25, -0.2) is 4.79 Å². The number of nitrogens with zero attached hydrogens (tertiary/aromatic N) is 1. The van der Waals surface area contributed by atoms with E-state index in [0.717, 1.165) is 43.9 Å². The monoisotopic (exact) mass is 464 g/mol. The molecule has 0 aliphatic carbocycles. The minimum atomic E-state index is -0.452. The van der Waals surface area contributed by atoms with E-state index in [1.807, 2.05) is 60.7 Å². The van der Waals surface area contributed by atoms with Crippen molar-refractivity contribution in [3.8, 4) is 22.4 Å². The van der Waals surface area contributed by atoms with Crippen LogP contribution in [-0.2, 0) is 9.53 Å². The van der Waals surface area contributed by atoms with Gasteiger partial charge in [0.2, 0.25) is 5.91 Å². The lowest BCUT2D eigenvalue weighted by molar-refractivity contribution is -0.114. The molecule has 4 aromatic carbocycles. The summed E-state index contributed by atoms with van der Waals surface area (Å²) >= 11 is 0. The third-order valence-corrected chi connectivity index (χ3v) is 6.00. The largest absolute Gasteiger partial charge is 0.462 e. The maximum atomic E-state index is 12.8. The number of amides is 1. The standard InChI is InChI=1S/C29H24N2O4/c1-4-34-29(33)25-17(2)35-31-28(25)27-23-11-7-5-9-21(23)26(22-10-6-8-12-24(22)27)19-13-15-20(16-14-19)30-18(3)32/h5-16H,4H2,1-3H3,(H,30,32). The highest BCUT2D eigenvalue weighted by Gasteiger charge is 2.26. The van der Waals surface area contributed by atoms with Crippen LogP contribution >= 0.6 is 0 Å². The molecule has 0 spiro atoms. The van der Waals surface area contributed by atoms with Crippen molar-refractivity contribution in [3.05, 3.63) is 84.1 Å². The Morgan fingerprint density at radius 3 is 1.91 bits per heavy atom. The SMILES string of the molecule is CCOC(=O)c1c(-c2c3ccccc3c(-c3ccc(NC(C)=O)cc3)c3ccccc23)noc1C. The summed E-state index contributed by atoms with van der Waals surface area (Å²) in [5.74, 6) is -0.144. The van der Waals surface area contributed by atoms with Gasteiger partial charge in [0.15, 0.2) is 0 Å². The van der Waals surface area contributed by atoms with E-state index in [4.69, 9.17) is 9.26 Å². The normalized spacial score (nSPS) is 11.1. The van der Waals surface area contributed by atoms with Crippen LogP contribution in [0.25, 0.3) is 43.9 Å². The molecule has 5 rings (SSSR count). The zero-order valence-electron chi connectivity index (χ0n) is 19.7. The predicted molar refractivity (Wildman–Crippen MR) is 137 cm³/mol. The fraction of sp³-hybridized carbons (Fsp3) is 0.138. The Hall–Kier alpha value is -4.45. The lowest BCUT2D eigenvalue weighted by Gasteiger charge is -2.17. The first-order valence-corrected chi connectivity index (χ1v) is 11.4. The summed E-state index contributed by atoms with van der Waals surface area (Å²) in [5.41, 5.74) is 4.46. The molecule has 0 aliphatic rings. The van der Waals surface area contributed by atoms with Gasteiger partial charge < -0.3 is 14.6 Å². The van der Waals surface area contributed by atoms with E-state index in [-0.39, 0.29) is 12.5 Å². The van der Waals surface area contributed by atoms with Crippen molar-refractivity contribution in [3.63, 3.8) is 0 Å². The van der Waals surface area contributed by atoms with E-state index in [2.05, 4.69) is 22.6 Å². The summed E-state index contributed by atoms with van der Waals surface area (Å²) < 4.78 is 10.8. The minimum Gasteiger partial charge on any atom is -0.462 e. The highest BCUT2D eigenvalue weighted by atomic mass is 16.5. The summed E-state index contributed by atoms with van der Waals surface area (Å²) in [4.78, 5) is 24.3. The molecule has 35 heavy (non-hydrogen) atoms. The van der Waals surface area contributed by atoms with Gasteiger partial charge in [0.05, 0.1) is 6.61 Å². The molecular formula is C29H24N2O4. The second kappa shape index (κ2) is 9.06. The Morgan fingerprint density at radius 1 is 0.857 bits per heavy atom. The van der Waals surface area contributed by atoms with Gasteiger partial charge in [0.1, 0.15) is 17.0 Å². The van der Waals surface area contributed by atoms with Gasteiger partial charge in [-0.05, 0) is 58.7 Å². The predicted octanol–water partition coefficient (Wildman–Crippen LogP) is 6.76. The third-order valence-electron chi connectivity index (χ3n) is 6.00. The van der Waals surface area contributed by atoms with Crippen LogP contribution in [0.2, 0.25) is 0 Å². The van der Waals surface area contributed by atoms with E-state index < -0.39 is 5.97 Å². The average Bonchev–Trinajstić information content (AvgIpc) is 3.23. The topological polar surface area (TPSA) is 81.4 Å². The number of ether oxygens (including phenoxy) is 1. The van der Waals surface area contributed by atoms with Crippen molar-refractivity contribution in [1.82, 2.24) is 5.16 Å². The van der Waals surface area contributed by atoms with Crippen molar-refractivity contribution in [2.45, 2.75) is 20.8 Å². The first kappa shape index (κ1) is 22.3. The minimum absolute atomic E-state index is 0.113. The zero-order valence-corrected chi connectivity index (χ0v) is 19.7. The van der Waals surface area contributed by atoms with Gasteiger partial charge >= 0.3 is 5.97 Å². The summed E-state index contributed by atoms with van der Waals surface area (Å²) in [6.07, 6.45) is 0. The number of fused-ring (bicyclic) bond motifs is 2. The molecule has 1 N–H and O–H groups in total. The number of benzene rings is 4. The Bertz CT molecular complexity index is 1530. The van der Waals surface area contributed by atoms with Crippen LogP contribution in [0.3, 0.4) is 0 Å². The molecule has 6 heteroatoms. The number of aryl methyl sites for hydroxylation is 1. The smallest absolute Gasteiger partial charge is 0.344 e. The Kier molecular flexibility index (Phi) is 5.79. The maximum Gasteiger partial charge on any atom is 0.344 e. The quantitative estimate of drug-likeness (QED) is 0.230. The summed E-state index contributed by atoms with van der Waals surface area (Å²) in [7, 11) is 0. The highest BCUT2D eigenvalue weighted by Crippen LogP contribution is 2.44. The highest BCUT2D eigenvalue weighted by molar-refractivity contribution is 6.22. The second-order valence-electron chi connectivity index (χ2n) is 8.28. The molecule has 0 fully saturated rings. The number of esters is 1. The van der Waals surface area contributed by atoms with Crippen molar-refractivity contribution in [2.75, 3.05) is 11.9 Å². The molecule has 0 atom stereocenters. The van der Waals surface area contributed by atoms with Crippen molar-refractivity contribution < 1.29 is 18.8 Å². The van der Waals surface area contributed by atoms with Crippen LogP contribution in [0.15, 0.2) is 77.3 Å². The number of anilines is 1. The van der Waals surface area contributed by atoms with Crippen molar-refractivity contribution in [2.24, 2.45) is 0 Å². The molecule has 0 bridgehead atoms. The van der Waals surface area contributed by atoms with Gasteiger partial charge in [0, 0.05) is 18.2 Å². The van der Waals surface area contributed by atoms with Crippen LogP contribution in [0.1, 0.15) is 30.0 Å². The van der Waals surface area contributed by atoms with E-state index in [1.54, 1.807) is 13.8 Å². The Labute approximate surface area is 202 Å². The summed E-state index contributed by atoms with van der Waals surface area (Å²) in [6, 6.07) is 23.9. The van der Waals surface area contributed by atoms with Gasteiger partial charge in [-0.1, -0.05) is 65.8 Å². The van der Waals surface area contributed by atoms with Gasteiger partial charge in [-0.3, -0.25) is 4.79 Å². The molecule has 1 heterocycles. The van der Waals surface area contributed by atoms with Crippen LogP contribution in [0.4, 0.5) is 5.69 Å². The molecule has 6 nitrogen and oxygen atoms in total. The molecule has 1 aromatic heterocycles. The Balaban J connectivity index is 1.83. The molecule has 5 aromatic rings.